The molecule has 2 rings (SSSR count). The molecular weight excluding hydrogens is 196 g/mol. The third kappa shape index (κ3) is 2.45. The van der Waals surface area contributed by atoms with Gasteiger partial charge in [-0.3, -0.25) is 0 Å². The van der Waals surface area contributed by atoms with Crippen LogP contribution >= 0.6 is 0 Å². The van der Waals surface area contributed by atoms with Crippen molar-refractivity contribution in [3.05, 3.63) is 0 Å². The second-order valence-corrected chi connectivity index (χ2v) is 6.01. The van der Waals surface area contributed by atoms with Crippen LogP contribution in [0.15, 0.2) is 0 Å². The van der Waals surface area contributed by atoms with Gasteiger partial charge in [-0.25, -0.2) is 0 Å². The SMILES string of the molecule is CCC(O)(C1CCCCC1)C1CCCCC1. The molecule has 1 N–H and O–H groups in total. The van der Waals surface area contributed by atoms with Gasteiger partial charge in [0.15, 0.2) is 0 Å². The predicted octanol–water partition coefficient (Wildman–Crippen LogP) is 4.29. The molecule has 94 valence electrons. The zero-order valence-electron chi connectivity index (χ0n) is 10.9. The van der Waals surface area contributed by atoms with Gasteiger partial charge in [-0.05, 0) is 43.9 Å². The molecule has 0 spiro atoms. The first-order valence-corrected chi connectivity index (χ1v) is 7.49. The quantitative estimate of drug-likeness (QED) is 0.758. The van der Waals surface area contributed by atoms with Gasteiger partial charge < -0.3 is 5.11 Å². The number of hydrogen-bond acceptors (Lipinski definition) is 1. The number of aliphatic hydroxyl groups is 1. The van der Waals surface area contributed by atoms with Gasteiger partial charge in [0.2, 0.25) is 0 Å². The van der Waals surface area contributed by atoms with Crippen LogP contribution < -0.4 is 0 Å². The summed E-state index contributed by atoms with van der Waals surface area (Å²) in [6.07, 6.45) is 14.3. The van der Waals surface area contributed by atoms with Crippen LogP contribution in [-0.2, 0) is 0 Å². The van der Waals surface area contributed by atoms with E-state index < -0.39 is 0 Å². The molecule has 0 amide bonds. The smallest absolute Gasteiger partial charge is 0.0701 e. The summed E-state index contributed by atoms with van der Waals surface area (Å²) < 4.78 is 0. The Hall–Kier alpha value is -0.0400. The Morgan fingerprint density at radius 2 is 1.19 bits per heavy atom. The predicted molar refractivity (Wildman–Crippen MR) is 68.4 cm³/mol. The van der Waals surface area contributed by atoms with Crippen molar-refractivity contribution in [2.75, 3.05) is 0 Å². The largest absolute Gasteiger partial charge is 0.389 e. The monoisotopic (exact) mass is 224 g/mol. The summed E-state index contributed by atoms with van der Waals surface area (Å²) in [6, 6.07) is 0. The van der Waals surface area contributed by atoms with Crippen LogP contribution in [0.3, 0.4) is 0 Å². The fraction of sp³-hybridized carbons (Fsp3) is 1.00. The lowest BCUT2D eigenvalue weighted by Crippen LogP contribution is -2.46. The van der Waals surface area contributed by atoms with Gasteiger partial charge in [0, 0.05) is 0 Å². The van der Waals surface area contributed by atoms with E-state index in [-0.39, 0.29) is 5.60 Å². The van der Waals surface area contributed by atoms with Crippen LogP contribution in [-0.4, -0.2) is 10.7 Å². The van der Waals surface area contributed by atoms with Crippen molar-refractivity contribution < 1.29 is 5.11 Å². The third-order valence-corrected chi connectivity index (χ3v) is 5.19. The molecule has 0 unspecified atom stereocenters. The highest BCUT2D eigenvalue weighted by Gasteiger charge is 2.42. The topological polar surface area (TPSA) is 20.2 Å². The van der Waals surface area contributed by atoms with Crippen molar-refractivity contribution in [1.29, 1.82) is 0 Å². The second kappa shape index (κ2) is 5.53. The minimum atomic E-state index is -0.319. The normalized spacial score (nSPS) is 25.9. The molecule has 0 aromatic heterocycles. The summed E-state index contributed by atoms with van der Waals surface area (Å²) >= 11 is 0. The molecule has 0 aromatic rings. The molecule has 0 aromatic carbocycles. The molecule has 0 saturated heterocycles. The van der Waals surface area contributed by atoms with Gasteiger partial charge in [0.25, 0.3) is 0 Å². The number of hydrogen-bond donors (Lipinski definition) is 1. The van der Waals surface area contributed by atoms with E-state index in [1.165, 1.54) is 64.2 Å². The summed E-state index contributed by atoms with van der Waals surface area (Å²) in [4.78, 5) is 0. The van der Waals surface area contributed by atoms with E-state index in [4.69, 9.17) is 0 Å². The Labute approximate surface area is 101 Å². The van der Waals surface area contributed by atoms with Crippen LogP contribution in [0.2, 0.25) is 0 Å². The zero-order chi connectivity index (χ0) is 11.4. The Morgan fingerprint density at radius 3 is 1.50 bits per heavy atom. The maximum atomic E-state index is 11.1. The van der Waals surface area contributed by atoms with Gasteiger partial charge >= 0.3 is 0 Å². The Balaban J connectivity index is 2.03. The highest BCUT2D eigenvalue weighted by molar-refractivity contribution is 4.93. The van der Waals surface area contributed by atoms with Crippen LogP contribution in [0, 0.1) is 11.8 Å². The van der Waals surface area contributed by atoms with Crippen molar-refractivity contribution >= 4 is 0 Å². The average molecular weight is 224 g/mol. The van der Waals surface area contributed by atoms with E-state index in [0.717, 1.165) is 6.42 Å². The van der Waals surface area contributed by atoms with Gasteiger partial charge in [0.1, 0.15) is 0 Å². The second-order valence-electron chi connectivity index (χ2n) is 6.01. The molecule has 1 heteroatoms. The molecule has 16 heavy (non-hydrogen) atoms. The summed E-state index contributed by atoms with van der Waals surface area (Å²) in [6.45, 7) is 2.20. The lowest BCUT2D eigenvalue weighted by atomic mass is 9.65. The Morgan fingerprint density at radius 1 is 0.812 bits per heavy atom. The highest BCUT2D eigenvalue weighted by Crippen LogP contribution is 2.44. The van der Waals surface area contributed by atoms with Crippen molar-refractivity contribution in [3.63, 3.8) is 0 Å². The minimum absolute atomic E-state index is 0.319. The summed E-state index contributed by atoms with van der Waals surface area (Å²) in [5.41, 5.74) is -0.319. The van der Waals surface area contributed by atoms with E-state index in [0.29, 0.717) is 11.8 Å². The minimum Gasteiger partial charge on any atom is -0.389 e. The fourth-order valence-electron chi connectivity index (χ4n) is 4.12. The van der Waals surface area contributed by atoms with Crippen LogP contribution in [0.25, 0.3) is 0 Å². The molecule has 2 aliphatic carbocycles. The fourth-order valence-corrected chi connectivity index (χ4v) is 4.12. The molecule has 0 aliphatic heterocycles. The van der Waals surface area contributed by atoms with E-state index in [1.54, 1.807) is 0 Å². The van der Waals surface area contributed by atoms with Gasteiger partial charge in [-0.1, -0.05) is 45.4 Å². The van der Waals surface area contributed by atoms with Crippen molar-refractivity contribution in [2.45, 2.75) is 83.2 Å². The van der Waals surface area contributed by atoms with Gasteiger partial charge in [0.05, 0.1) is 5.60 Å². The lowest BCUT2D eigenvalue weighted by Gasteiger charge is -2.45. The number of rotatable bonds is 3. The molecule has 0 heterocycles. The molecule has 2 aliphatic rings. The molecule has 0 radical (unpaired) electrons. The molecular formula is C15H28O. The van der Waals surface area contributed by atoms with E-state index in [1.807, 2.05) is 0 Å². The summed E-state index contributed by atoms with van der Waals surface area (Å²) in [5.74, 6) is 1.21. The summed E-state index contributed by atoms with van der Waals surface area (Å²) in [7, 11) is 0. The summed E-state index contributed by atoms with van der Waals surface area (Å²) in [5, 5.41) is 11.1. The molecule has 2 saturated carbocycles. The zero-order valence-corrected chi connectivity index (χ0v) is 10.9. The average Bonchev–Trinajstić information content (AvgIpc) is 2.40. The lowest BCUT2D eigenvalue weighted by molar-refractivity contribution is -0.0943. The third-order valence-electron chi connectivity index (χ3n) is 5.19. The first kappa shape index (κ1) is 12.4. The van der Waals surface area contributed by atoms with E-state index in [9.17, 15) is 5.11 Å². The molecule has 2 fully saturated rings. The van der Waals surface area contributed by atoms with Crippen LogP contribution in [0.5, 0.6) is 0 Å². The van der Waals surface area contributed by atoms with Crippen LogP contribution in [0.1, 0.15) is 77.6 Å². The van der Waals surface area contributed by atoms with E-state index in [2.05, 4.69) is 6.92 Å². The maximum Gasteiger partial charge on any atom is 0.0701 e. The standard InChI is InChI=1S/C15H28O/c1-2-15(16,13-9-5-3-6-10-13)14-11-7-4-8-12-14/h13-14,16H,2-12H2,1H3. The first-order chi connectivity index (χ1) is 7.77. The Kier molecular flexibility index (Phi) is 4.29. The van der Waals surface area contributed by atoms with Crippen molar-refractivity contribution in [1.82, 2.24) is 0 Å². The van der Waals surface area contributed by atoms with Crippen molar-refractivity contribution in [2.24, 2.45) is 11.8 Å². The first-order valence-electron chi connectivity index (χ1n) is 7.49. The molecule has 0 atom stereocenters. The molecule has 0 bridgehead atoms. The Bertz CT molecular complexity index is 181. The molecule has 1 nitrogen and oxygen atoms in total. The van der Waals surface area contributed by atoms with Crippen LogP contribution in [0.4, 0.5) is 0 Å². The van der Waals surface area contributed by atoms with E-state index >= 15 is 0 Å². The van der Waals surface area contributed by atoms with Crippen molar-refractivity contribution in [3.8, 4) is 0 Å². The van der Waals surface area contributed by atoms with Gasteiger partial charge in [-0.2, -0.15) is 0 Å². The van der Waals surface area contributed by atoms with Gasteiger partial charge in [-0.15, -0.1) is 0 Å². The maximum absolute atomic E-state index is 11.1. The highest BCUT2D eigenvalue weighted by atomic mass is 16.3.